The Balaban J connectivity index is 1.60. The average Bonchev–Trinajstić information content (AvgIpc) is 2.96. The second-order valence-corrected chi connectivity index (χ2v) is 7.13. The predicted molar refractivity (Wildman–Crippen MR) is 96.5 cm³/mol. The number of aliphatic carboxylic acids is 1. The molecule has 0 bridgehead atoms. The van der Waals surface area contributed by atoms with Gasteiger partial charge < -0.3 is 14.9 Å². The zero-order valence-corrected chi connectivity index (χ0v) is 14.8. The van der Waals surface area contributed by atoms with Crippen molar-refractivity contribution in [1.82, 2.24) is 9.80 Å². The number of nitrogens with zero attached hydrogens (tertiary/aromatic N) is 2. The number of fused-ring (bicyclic) bond motifs is 1. The maximum Gasteiger partial charge on any atom is 0.311 e. The van der Waals surface area contributed by atoms with Crippen molar-refractivity contribution in [1.29, 1.82) is 0 Å². The number of rotatable bonds is 6. The van der Waals surface area contributed by atoms with Gasteiger partial charge in [0.05, 0.1) is 5.41 Å². The number of amides is 2. The van der Waals surface area contributed by atoms with E-state index in [9.17, 15) is 19.5 Å². The van der Waals surface area contributed by atoms with Crippen LogP contribution in [0.25, 0.3) is 0 Å². The third-order valence-corrected chi connectivity index (χ3v) is 5.41. The van der Waals surface area contributed by atoms with Crippen molar-refractivity contribution in [3.8, 4) is 0 Å². The van der Waals surface area contributed by atoms with Gasteiger partial charge in [0.2, 0.25) is 5.91 Å². The molecule has 1 saturated heterocycles. The molecule has 26 heavy (non-hydrogen) atoms. The molecule has 1 atom stereocenters. The third kappa shape index (κ3) is 3.36. The first-order chi connectivity index (χ1) is 12.5. The first-order valence-corrected chi connectivity index (χ1v) is 8.96. The molecule has 1 aromatic carbocycles. The molecule has 6 heteroatoms. The lowest BCUT2D eigenvalue weighted by molar-refractivity contribution is -0.154. The Bertz CT molecular complexity index is 745. The minimum absolute atomic E-state index is 0.0430. The second kappa shape index (κ2) is 7.32. The van der Waals surface area contributed by atoms with E-state index in [4.69, 9.17) is 0 Å². The van der Waals surface area contributed by atoms with Crippen LogP contribution in [0.5, 0.6) is 0 Å². The lowest BCUT2D eigenvalue weighted by Crippen LogP contribution is -2.50. The van der Waals surface area contributed by atoms with Gasteiger partial charge in [0.1, 0.15) is 0 Å². The van der Waals surface area contributed by atoms with Gasteiger partial charge >= 0.3 is 5.97 Å². The lowest BCUT2D eigenvalue weighted by Gasteiger charge is -2.39. The van der Waals surface area contributed by atoms with Crippen LogP contribution in [0.1, 0.15) is 41.6 Å². The Morgan fingerprint density at radius 3 is 2.77 bits per heavy atom. The highest BCUT2D eigenvalue weighted by molar-refractivity contribution is 5.98. The van der Waals surface area contributed by atoms with Crippen LogP contribution in [0.4, 0.5) is 0 Å². The molecule has 1 fully saturated rings. The lowest BCUT2D eigenvalue weighted by atomic mass is 9.77. The fraction of sp³-hybridized carbons (Fsp3) is 0.450. The summed E-state index contributed by atoms with van der Waals surface area (Å²) in [6.45, 7) is 5.31. The number of likely N-dealkylation sites (tertiary alicyclic amines) is 1. The number of benzene rings is 1. The molecule has 1 aromatic rings. The van der Waals surface area contributed by atoms with Gasteiger partial charge in [0, 0.05) is 38.2 Å². The molecule has 2 aliphatic heterocycles. The minimum Gasteiger partial charge on any atom is -0.481 e. The molecule has 138 valence electrons. The number of carboxylic acid groups (broad SMARTS) is 1. The van der Waals surface area contributed by atoms with Crippen molar-refractivity contribution in [2.45, 2.75) is 32.2 Å². The maximum absolute atomic E-state index is 12.6. The van der Waals surface area contributed by atoms with E-state index in [0.29, 0.717) is 44.5 Å². The number of carbonyl (C=O) groups is 3. The summed E-state index contributed by atoms with van der Waals surface area (Å²) >= 11 is 0. The summed E-state index contributed by atoms with van der Waals surface area (Å²) in [6, 6.07) is 7.47. The van der Waals surface area contributed by atoms with E-state index in [1.807, 2.05) is 18.2 Å². The van der Waals surface area contributed by atoms with Crippen LogP contribution in [0.15, 0.2) is 36.9 Å². The topological polar surface area (TPSA) is 77.9 Å². The van der Waals surface area contributed by atoms with E-state index in [1.165, 1.54) is 0 Å². The number of carbonyl (C=O) groups excluding carboxylic acids is 2. The first-order valence-electron chi connectivity index (χ1n) is 8.96. The monoisotopic (exact) mass is 356 g/mol. The molecule has 0 aliphatic carbocycles. The normalized spacial score (nSPS) is 22.2. The van der Waals surface area contributed by atoms with Crippen molar-refractivity contribution < 1.29 is 19.5 Å². The van der Waals surface area contributed by atoms with Gasteiger partial charge in [-0.2, -0.15) is 0 Å². The Kier molecular flexibility index (Phi) is 5.11. The molecule has 1 N–H and O–H groups in total. The van der Waals surface area contributed by atoms with E-state index in [-0.39, 0.29) is 24.8 Å². The van der Waals surface area contributed by atoms with Gasteiger partial charge in [-0.1, -0.05) is 24.3 Å². The zero-order chi connectivity index (χ0) is 18.7. The molecule has 6 nitrogen and oxygen atoms in total. The van der Waals surface area contributed by atoms with Crippen LogP contribution in [-0.4, -0.2) is 52.3 Å². The number of hydrogen-bond donors (Lipinski definition) is 1. The van der Waals surface area contributed by atoms with Gasteiger partial charge in [0.25, 0.3) is 5.91 Å². The van der Waals surface area contributed by atoms with Crippen LogP contribution >= 0.6 is 0 Å². The second-order valence-electron chi connectivity index (χ2n) is 7.13. The van der Waals surface area contributed by atoms with Crippen molar-refractivity contribution in [3.05, 3.63) is 48.0 Å². The molecule has 0 aromatic heterocycles. The van der Waals surface area contributed by atoms with Crippen LogP contribution in [0, 0.1) is 5.41 Å². The summed E-state index contributed by atoms with van der Waals surface area (Å²) in [5.74, 6) is -1.01. The summed E-state index contributed by atoms with van der Waals surface area (Å²) in [4.78, 5) is 40.0. The van der Waals surface area contributed by atoms with Crippen molar-refractivity contribution in [2.24, 2.45) is 5.41 Å². The summed E-state index contributed by atoms with van der Waals surface area (Å²) in [5.41, 5.74) is 0.752. The van der Waals surface area contributed by atoms with Crippen molar-refractivity contribution >= 4 is 17.8 Å². The minimum atomic E-state index is -0.935. The molecule has 1 unspecified atom stereocenters. The average molecular weight is 356 g/mol. The van der Waals surface area contributed by atoms with E-state index >= 15 is 0 Å². The zero-order valence-electron chi connectivity index (χ0n) is 14.8. The number of hydrogen-bond acceptors (Lipinski definition) is 3. The van der Waals surface area contributed by atoms with E-state index in [0.717, 1.165) is 5.56 Å². The summed E-state index contributed by atoms with van der Waals surface area (Å²) in [7, 11) is 0. The van der Waals surface area contributed by atoms with Crippen molar-refractivity contribution in [2.75, 3.05) is 19.6 Å². The van der Waals surface area contributed by atoms with Crippen LogP contribution in [0.2, 0.25) is 0 Å². The highest BCUT2D eigenvalue weighted by Gasteiger charge is 2.42. The van der Waals surface area contributed by atoms with Gasteiger partial charge in [0.15, 0.2) is 0 Å². The SMILES string of the molecule is C=CCC1(C(=O)O)CCCN(C(=O)CCN2Cc3ccccc3C2=O)C1. The Labute approximate surface area is 153 Å². The molecular weight excluding hydrogens is 332 g/mol. The maximum atomic E-state index is 12.6. The molecule has 2 aliphatic rings. The number of piperidine rings is 1. The smallest absolute Gasteiger partial charge is 0.311 e. The molecular formula is C20H24N2O4. The Morgan fingerprint density at radius 1 is 1.31 bits per heavy atom. The van der Waals surface area contributed by atoms with Gasteiger partial charge in [-0.25, -0.2) is 0 Å². The summed E-state index contributed by atoms with van der Waals surface area (Å²) in [5, 5.41) is 9.62. The standard InChI is InChI=1S/C20H24N2O4/c1-2-9-20(19(25)26)10-5-11-22(14-20)17(23)8-12-21-13-15-6-3-4-7-16(15)18(21)24/h2-4,6-7H,1,5,8-14H2,(H,25,26). The largest absolute Gasteiger partial charge is 0.481 e. The summed E-state index contributed by atoms with van der Waals surface area (Å²) in [6.07, 6.45) is 3.40. The van der Waals surface area contributed by atoms with Gasteiger partial charge in [-0.05, 0) is 30.9 Å². The molecule has 2 heterocycles. The molecule has 0 saturated carbocycles. The fourth-order valence-corrected chi connectivity index (χ4v) is 3.93. The number of allylic oxidation sites excluding steroid dienone is 1. The molecule has 0 radical (unpaired) electrons. The third-order valence-electron chi connectivity index (χ3n) is 5.41. The van der Waals surface area contributed by atoms with E-state index in [1.54, 1.807) is 21.9 Å². The van der Waals surface area contributed by atoms with Crippen LogP contribution in [-0.2, 0) is 16.1 Å². The van der Waals surface area contributed by atoms with Gasteiger partial charge in [-0.3, -0.25) is 14.4 Å². The fourth-order valence-electron chi connectivity index (χ4n) is 3.93. The van der Waals surface area contributed by atoms with Crippen molar-refractivity contribution in [3.63, 3.8) is 0 Å². The van der Waals surface area contributed by atoms with Crippen LogP contribution < -0.4 is 0 Å². The van der Waals surface area contributed by atoms with Gasteiger partial charge in [-0.15, -0.1) is 6.58 Å². The first kappa shape index (κ1) is 18.2. The highest BCUT2D eigenvalue weighted by Crippen LogP contribution is 2.34. The molecule has 2 amide bonds. The Hall–Kier alpha value is -2.63. The quantitative estimate of drug-likeness (QED) is 0.794. The summed E-state index contributed by atoms with van der Waals surface area (Å²) < 4.78 is 0. The van der Waals surface area contributed by atoms with E-state index < -0.39 is 11.4 Å². The van der Waals surface area contributed by atoms with Crippen LogP contribution in [0.3, 0.4) is 0 Å². The van der Waals surface area contributed by atoms with E-state index in [2.05, 4.69) is 6.58 Å². The predicted octanol–water partition coefficient (Wildman–Crippen LogP) is 2.30. The molecule has 3 rings (SSSR count). The Morgan fingerprint density at radius 2 is 2.08 bits per heavy atom. The molecule has 0 spiro atoms. The number of carboxylic acids is 1. The highest BCUT2D eigenvalue weighted by atomic mass is 16.4.